The highest BCUT2D eigenvalue weighted by Crippen LogP contribution is 2.28. The van der Waals surface area contributed by atoms with Gasteiger partial charge in [-0.2, -0.15) is 4.31 Å². The zero-order valence-corrected chi connectivity index (χ0v) is 16.5. The van der Waals surface area contributed by atoms with Crippen LogP contribution >= 0.6 is 0 Å². The smallest absolute Gasteiger partial charge is 0.243 e. The molecular weight excluding hydrogens is 364 g/mol. The first-order chi connectivity index (χ1) is 12.9. The topological polar surface area (TPSA) is 81.9 Å². The van der Waals surface area contributed by atoms with Crippen molar-refractivity contribution in [1.82, 2.24) is 4.31 Å². The molecule has 0 spiro atoms. The van der Waals surface area contributed by atoms with Crippen LogP contribution in [0.3, 0.4) is 0 Å². The first-order valence-corrected chi connectivity index (χ1v) is 10.5. The summed E-state index contributed by atoms with van der Waals surface area (Å²) in [6.07, 6.45) is 1.60. The lowest BCUT2D eigenvalue weighted by Gasteiger charge is -2.32. The van der Waals surface area contributed by atoms with Gasteiger partial charge in [-0.25, -0.2) is 8.42 Å². The van der Waals surface area contributed by atoms with Gasteiger partial charge in [-0.3, -0.25) is 0 Å². The molecule has 0 bridgehead atoms. The third-order valence-electron chi connectivity index (χ3n) is 5.00. The fourth-order valence-corrected chi connectivity index (χ4v) is 4.72. The van der Waals surface area contributed by atoms with Crippen molar-refractivity contribution in [3.05, 3.63) is 48.5 Å². The molecule has 0 aliphatic carbocycles. The molecule has 27 heavy (non-hydrogen) atoms. The lowest BCUT2D eigenvalue weighted by atomic mass is 9.92. The monoisotopic (exact) mass is 390 g/mol. The fraction of sp³-hybridized carbons (Fsp3) is 0.400. The average Bonchev–Trinajstić information content (AvgIpc) is 2.69. The zero-order chi connectivity index (χ0) is 19.4. The van der Waals surface area contributed by atoms with E-state index < -0.39 is 10.0 Å². The predicted octanol–water partition coefficient (Wildman–Crippen LogP) is 3.24. The first kappa shape index (κ1) is 19.7. The molecule has 0 amide bonds. The van der Waals surface area contributed by atoms with E-state index in [1.807, 2.05) is 6.92 Å². The van der Waals surface area contributed by atoms with Crippen LogP contribution in [0.5, 0.6) is 17.2 Å². The molecular formula is C20H26N2O4S. The molecule has 2 aromatic carbocycles. The van der Waals surface area contributed by atoms with Gasteiger partial charge in [0.05, 0.1) is 12.0 Å². The van der Waals surface area contributed by atoms with Crippen molar-refractivity contribution in [3.63, 3.8) is 0 Å². The second-order valence-corrected chi connectivity index (χ2v) is 8.79. The number of piperidine rings is 1. The van der Waals surface area contributed by atoms with E-state index in [1.165, 1.54) is 0 Å². The molecule has 0 saturated carbocycles. The minimum atomic E-state index is -3.49. The molecule has 2 N–H and O–H groups in total. The number of ether oxygens (including phenoxy) is 2. The Morgan fingerprint density at radius 3 is 1.93 bits per heavy atom. The Balaban J connectivity index is 1.67. The maximum atomic E-state index is 12.8. The third kappa shape index (κ3) is 4.61. The molecule has 146 valence electrons. The quantitative estimate of drug-likeness (QED) is 0.819. The predicted molar refractivity (Wildman–Crippen MR) is 105 cm³/mol. The van der Waals surface area contributed by atoms with Gasteiger partial charge in [-0.1, -0.05) is 0 Å². The van der Waals surface area contributed by atoms with Gasteiger partial charge in [0, 0.05) is 19.1 Å². The van der Waals surface area contributed by atoms with Crippen LogP contribution in [-0.2, 0) is 10.0 Å². The van der Waals surface area contributed by atoms with E-state index in [0.717, 1.165) is 18.6 Å². The standard InChI is InChI=1S/C20H26N2O4S/c1-15(21)16-11-13-22(14-12-16)27(23,24)20-9-7-19(8-10-20)26-18-5-3-17(25-2)4-6-18/h3-10,15-16H,11-14,21H2,1-2H3. The Morgan fingerprint density at radius 1 is 0.963 bits per heavy atom. The minimum Gasteiger partial charge on any atom is -0.497 e. The van der Waals surface area contributed by atoms with Gasteiger partial charge in [0.1, 0.15) is 17.2 Å². The molecule has 6 nitrogen and oxygen atoms in total. The summed E-state index contributed by atoms with van der Waals surface area (Å²) >= 11 is 0. The number of nitrogens with zero attached hydrogens (tertiary/aromatic N) is 1. The van der Waals surface area contributed by atoms with Crippen LogP contribution in [-0.4, -0.2) is 39.0 Å². The number of hydrogen-bond donors (Lipinski definition) is 1. The number of benzene rings is 2. The van der Waals surface area contributed by atoms with Gasteiger partial charge in [0.25, 0.3) is 0 Å². The molecule has 2 aromatic rings. The molecule has 7 heteroatoms. The van der Waals surface area contributed by atoms with Crippen LogP contribution in [0.15, 0.2) is 53.4 Å². The number of methoxy groups -OCH3 is 1. The van der Waals surface area contributed by atoms with E-state index in [0.29, 0.717) is 30.5 Å². The molecule has 1 aliphatic rings. The van der Waals surface area contributed by atoms with Crippen molar-refractivity contribution in [1.29, 1.82) is 0 Å². The van der Waals surface area contributed by atoms with Crippen LogP contribution < -0.4 is 15.2 Å². The molecule has 1 unspecified atom stereocenters. The fourth-order valence-electron chi connectivity index (χ4n) is 3.25. The van der Waals surface area contributed by atoms with Crippen LogP contribution in [0.4, 0.5) is 0 Å². The van der Waals surface area contributed by atoms with E-state index in [1.54, 1.807) is 59.9 Å². The highest BCUT2D eigenvalue weighted by Gasteiger charge is 2.30. The summed E-state index contributed by atoms with van der Waals surface area (Å²) < 4.78 is 38.1. The maximum Gasteiger partial charge on any atom is 0.243 e. The largest absolute Gasteiger partial charge is 0.497 e. The van der Waals surface area contributed by atoms with Crippen molar-refractivity contribution in [2.75, 3.05) is 20.2 Å². The van der Waals surface area contributed by atoms with Gasteiger partial charge in [-0.05, 0) is 74.2 Å². The van der Waals surface area contributed by atoms with Gasteiger partial charge in [-0.15, -0.1) is 0 Å². The van der Waals surface area contributed by atoms with E-state index >= 15 is 0 Å². The summed E-state index contributed by atoms with van der Waals surface area (Å²) in [5.41, 5.74) is 5.94. The SMILES string of the molecule is COc1ccc(Oc2ccc(S(=O)(=O)N3CCC(C(C)N)CC3)cc2)cc1. The van der Waals surface area contributed by atoms with Crippen LogP contribution in [0.2, 0.25) is 0 Å². The Bertz CT molecular complexity index is 841. The minimum absolute atomic E-state index is 0.101. The van der Waals surface area contributed by atoms with Gasteiger partial charge in [0.15, 0.2) is 0 Å². The molecule has 1 aliphatic heterocycles. The summed E-state index contributed by atoms with van der Waals surface area (Å²) in [4.78, 5) is 0.281. The summed E-state index contributed by atoms with van der Waals surface area (Å²) in [5.74, 6) is 2.37. The third-order valence-corrected chi connectivity index (χ3v) is 6.91. The molecule has 3 rings (SSSR count). The number of nitrogens with two attached hydrogens (primary N) is 1. The zero-order valence-electron chi connectivity index (χ0n) is 15.7. The number of sulfonamides is 1. The summed E-state index contributed by atoms with van der Waals surface area (Å²) in [6.45, 7) is 3.01. The van der Waals surface area contributed by atoms with Crippen LogP contribution in [0.1, 0.15) is 19.8 Å². The number of hydrogen-bond acceptors (Lipinski definition) is 5. The number of rotatable bonds is 6. The highest BCUT2D eigenvalue weighted by molar-refractivity contribution is 7.89. The summed E-state index contributed by atoms with van der Waals surface area (Å²) in [7, 11) is -1.88. The van der Waals surface area contributed by atoms with Gasteiger partial charge >= 0.3 is 0 Å². The average molecular weight is 391 g/mol. The van der Waals surface area contributed by atoms with Crippen molar-refractivity contribution in [3.8, 4) is 17.2 Å². The lowest BCUT2D eigenvalue weighted by molar-refractivity contribution is 0.250. The molecule has 1 fully saturated rings. The van der Waals surface area contributed by atoms with Crippen molar-refractivity contribution in [2.45, 2.75) is 30.7 Å². The van der Waals surface area contributed by atoms with E-state index in [-0.39, 0.29) is 10.9 Å². The highest BCUT2D eigenvalue weighted by atomic mass is 32.2. The first-order valence-electron chi connectivity index (χ1n) is 9.08. The molecule has 1 heterocycles. The maximum absolute atomic E-state index is 12.8. The lowest BCUT2D eigenvalue weighted by Crippen LogP contribution is -2.42. The van der Waals surface area contributed by atoms with Crippen molar-refractivity contribution < 1.29 is 17.9 Å². The molecule has 0 aromatic heterocycles. The van der Waals surface area contributed by atoms with Gasteiger partial charge in [0.2, 0.25) is 10.0 Å². The normalized spacial score (nSPS) is 17.4. The second-order valence-electron chi connectivity index (χ2n) is 6.85. The Morgan fingerprint density at radius 2 is 1.44 bits per heavy atom. The molecule has 1 atom stereocenters. The van der Waals surface area contributed by atoms with E-state index in [4.69, 9.17) is 15.2 Å². The Hall–Kier alpha value is -2.09. The van der Waals surface area contributed by atoms with Gasteiger partial charge < -0.3 is 15.2 Å². The second kappa shape index (κ2) is 8.29. The van der Waals surface area contributed by atoms with Crippen LogP contribution in [0, 0.1) is 5.92 Å². The van der Waals surface area contributed by atoms with E-state index in [2.05, 4.69) is 0 Å². The van der Waals surface area contributed by atoms with Crippen molar-refractivity contribution in [2.24, 2.45) is 11.7 Å². The van der Waals surface area contributed by atoms with E-state index in [9.17, 15) is 8.42 Å². The van der Waals surface area contributed by atoms with Crippen molar-refractivity contribution >= 4 is 10.0 Å². The molecule has 1 saturated heterocycles. The Labute approximate surface area is 160 Å². The summed E-state index contributed by atoms with van der Waals surface area (Å²) in [6, 6.07) is 13.8. The van der Waals surface area contributed by atoms with Crippen LogP contribution in [0.25, 0.3) is 0 Å². The molecule has 0 radical (unpaired) electrons. The Kier molecular flexibility index (Phi) is 6.04. The summed E-state index contributed by atoms with van der Waals surface area (Å²) in [5, 5.41) is 0.